The van der Waals surface area contributed by atoms with Crippen LogP contribution in [0.5, 0.6) is 0 Å². The Morgan fingerprint density at radius 1 is 1.62 bits per heavy atom. The van der Waals surface area contributed by atoms with Gasteiger partial charge in [-0.1, -0.05) is 13.3 Å². The highest BCUT2D eigenvalue weighted by Gasteiger charge is 2.08. The monoisotopic (exact) mass is 188 g/mol. The van der Waals surface area contributed by atoms with Gasteiger partial charge in [0.1, 0.15) is 0 Å². The Labute approximate surface area is 79.5 Å². The number of carbonyl (C=O) groups is 1. The second kappa shape index (κ2) is 6.86. The molecule has 0 aliphatic carbocycles. The molecule has 0 saturated carbocycles. The maximum absolute atomic E-state index is 11.1. The summed E-state index contributed by atoms with van der Waals surface area (Å²) in [5, 5.41) is 11.5. The molecule has 0 fully saturated rings. The molecule has 2 atom stereocenters. The summed E-state index contributed by atoms with van der Waals surface area (Å²) < 4.78 is 0. The molecule has 0 bridgehead atoms. The average molecular weight is 188 g/mol. The largest absolute Gasteiger partial charge is 0.392 e. The van der Waals surface area contributed by atoms with E-state index >= 15 is 0 Å². The van der Waals surface area contributed by atoms with E-state index in [9.17, 15) is 4.79 Å². The summed E-state index contributed by atoms with van der Waals surface area (Å²) in [5.74, 6) is -0.0816. The van der Waals surface area contributed by atoms with Crippen molar-refractivity contribution in [2.75, 3.05) is 6.54 Å². The third kappa shape index (κ3) is 7.74. The third-order valence-corrected chi connectivity index (χ3v) is 1.70. The van der Waals surface area contributed by atoms with Gasteiger partial charge in [-0.25, -0.2) is 0 Å². The summed E-state index contributed by atoms with van der Waals surface area (Å²) >= 11 is 0. The highest BCUT2D eigenvalue weighted by Crippen LogP contribution is 1.97. The van der Waals surface area contributed by atoms with Gasteiger partial charge in [-0.15, -0.1) is 0 Å². The highest BCUT2D eigenvalue weighted by atomic mass is 16.3. The minimum absolute atomic E-state index is 0.0565. The number of carbonyl (C=O) groups excluding carboxylic acids is 1. The topological polar surface area (TPSA) is 75.4 Å². The number of aliphatic hydroxyl groups excluding tert-OH is 1. The summed E-state index contributed by atoms with van der Waals surface area (Å²) in [7, 11) is 0. The van der Waals surface area contributed by atoms with E-state index in [1.807, 2.05) is 6.92 Å². The van der Waals surface area contributed by atoms with Crippen LogP contribution in [-0.2, 0) is 4.79 Å². The molecule has 0 rings (SSSR count). The first-order valence-electron chi connectivity index (χ1n) is 4.76. The van der Waals surface area contributed by atoms with E-state index in [0.29, 0.717) is 13.0 Å². The molecular formula is C9H20N2O2. The Bertz CT molecular complexity index is 149. The van der Waals surface area contributed by atoms with Crippen LogP contribution in [0.25, 0.3) is 0 Å². The summed E-state index contributed by atoms with van der Waals surface area (Å²) in [5.41, 5.74) is 5.67. The van der Waals surface area contributed by atoms with Crippen LogP contribution in [0, 0.1) is 0 Å². The van der Waals surface area contributed by atoms with Crippen LogP contribution in [0.15, 0.2) is 0 Å². The van der Waals surface area contributed by atoms with Gasteiger partial charge >= 0.3 is 0 Å². The van der Waals surface area contributed by atoms with Crippen molar-refractivity contribution in [2.45, 2.75) is 45.3 Å². The van der Waals surface area contributed by atoms with Crippen molar-refractivity contribution in [2.24, 2.45) is 5.73 Å². The lowest BCUT2D eigenvalue weighted by molar-refractivity contribution is -0.121. The lowest BCUT2D eigenvalue weighted by Crippen LogP contribution is -2.35. The third-order valence-electron chi connectivity index (χ3n) is 1.70. The Balaban J connectivity index is 3.50. The van der Waals surface area contributed by atoms with E-state index in [1.54, 1.807) is 6.92 Å². The summed E-state index contributed by atoms with van der Waals surface area (Å²) in [6.07, 6.45) is 1.71. The molecule has 1 amide bonds. The SMILES string of the molecule is CCCC(N)CC(=O)NC[C@H](C)O. The number of hydrogen-bond acceptors (Lipinski definition) is 3. The molecule has 0 saturated heterocycles. The first-order valence-corrected chi connectivity index (χ1v) is 4.76. The van der Waals surface area contributed by atoms with Gasteiger partial charge in [0, 0.05) is 19.0 Å². The van der Waals surface area contributed by atoms with Crippen molar-refractivity contribution >= 4 is 5.91 Å². The summed E-state index contributed by atoms with van der Waals surface area (Å²) in [6, 6.07) is -0.0565. The Kier molecular flexibility index (Phi) is 6.54. The summed E-state index contributed by atoms with van der Waals surface area (Å²) in [4.78, 5) is 11.1. The first kappa shape index (κ1) is 12.4. The van der Waals surface area contributed by atoms with Gasteiger partial charge in [0.25, 0.3) is 0 Å². The van der Waals surface area contributed by atoms with Crippen molar-refractivity contribution in [1.29, 1.82) is 0 Å². The lowest BCUT2D eigenvalue weighted by Gasteiger charge is -2.11. The second-order valence-corrected chi connectivity index (χ2v) is 3.41. The van der Waals surface area contributed by atoms with Gasteiger partial charge < -0.3 is 16.2 Å². The van der Waals surface area contributed by atoms with Crippen molar-refractivity contribution in [1.82, 2.24) is 5.32 Å². The molecule has 0 aliphatic rings. The number of nitrogens with one attached hydrogen (secondary N) is 1. The molecule has 0 aliphatic heterocycles. The maximum atomic E-state index is 11.1. The van der Waals surface area contributed by atoms with Crippen LogP contribution < -0.4 is 11.1 Å². The van der Waals surface area contributed by atoms with Crippen LogP contribution in [0.3, 0.4) is 0 Å². The normalized spacial score (nSPS) is 15.1. The van der Waals surface area contributed by atoms with Crippen LogP contribution in [0.1, 0.15) is 33.1 Å². The van der Waals surface area contributed by atoms with Crippen LogP contribution in [0.2, 0.25) is 0 Å². The Morgan fingerprint density at radius 3 is 2.69 bits per heavy atom. The van der Waals surface area contributed by atoms with Gasteiger partial charge in [-0.05, 0) is 13.3 Å². The summed E-state index contributed by atoms with van der Waals surface area (Å²) in [6.45, 7) is 3.97. The van der Waals surface area contributed by atoms with E-state index in [0.717, 1.165) is 12.8 Å². The lowest BCUT2D eigenvalue weighted by atomic mass is 10.1. The van der Waals surface area contributed by atoms with Crippen LogP contribution >= 0.6 is 0 Å². The molecule has 1 unspecified atom stereocenters. The molecule has 78 valence electrons. The van der Waals surface area contributed by atoms with Gasteiger partial charge in [-0.3, -0.25) is 4.79 Å². The van der Waals surface area contributed by atoms with Gasteiger partial charge in [0.05, 0.1) is 6.10 Å². The maximum Gasteiger partial charge on any atom is 0.221 e. The number of nitrogens with two attached hydrogens (primary N) is 1. The molecule has 0 aromatic carbocycles. The molecule has 4 N–H and O–H groups in total. The van der Waals surface area contributed by atoms with Crippen molar-refractivity contribution in [3.05, 3.63) is 0 Å². The van der Waals surface area contributed by atoms with E-state index in [-0.39, 0.29) is 11.9 Å². The minimum atomic E-state index is -0.494. The molecule has 13 heavy (non-hydrogen) atoms. The van der Waals surface area contributed by atoms with E-state index < -0.39 is 6.10 Å². The Hall–Kier alpha value is -0.610. The first-order chi connectivity index (χ1) is 6.06. The molecule has 0 aromatic rings. The molecule has 0 aromatic heterocycles. The second-order valence-electron chi connectivity index (χ2n) is 3.41. The molecule has 0 radical (unpaired) electrons. The quantitative estimate of drug-likeness (QED) is 0.549. The zero-order valence-electron chi connectivity index (χ0n) is 8.42. The number of amides is 1. The van der Waals surface area contributed by atoms with E-state index in [1.165, 1.54) is 0 Å². The van der Waals surface area contributed by atoms with Crippen molar-refractivity contribution in [3.8, 4) is 0 Å². The number of aliphatic hydroxyl groups is 1. The van der Waals surface area contributed by atoms with E-state index in [2.05, 4.69) is 5.32 Å². The predicted octanol–water partition coefficient (Wildman–Crippen LogP) is 0.000900. The van der Waals surface area contributed by atoms with Gasteiger partial charge in [-0.2, -0.15) is 0 Å². The molecule has 0 spiro atoms. The van der Waals surface area contributed by atoms with Crippen molar-refractivity contribution in [3.63, 3.8) is 0 Å². The fraction of sp³-hybridized carbons (Fsp3) is 0.889. The van der Waals surface area contributed by atoms with Crippen molar-refractivity contribution < 1.29 is 9.90 Å². The molecular weight excluding hydrogens is 168 g/mol. The number of rotatable bonds is 6. The molecule has 4 nitrogen and oxygen atoms in total. The fourth-order valence-corrected chi connectivity index (χ4v) is 1.04. The zero-order valence-corrected chi connectivity index (χ0v) is 8.42. The average Bonchev–Trinajstić information content (AvgIpc) is 2.01. The van der Waals surface area contributed by atoms with Crippen LogP contribution in [0.4, 0.5) is 0 Å². The Morgan fingerprint density at radius 2 is 2.23 bits per heavy atom. The van der Waals surface area contributed by atoms with Crippen LogP contribution in [-0.4, -0.2) is 29.7 Å². The standard InChI is InChI=1S/C9H20N2O2/c1-3-4-8(10)5-9(13)11-6-7(2)12/h7-8,12H,3-6,10H2,1-2H3,(H,11,13)/t7-,8?/m0/s1. The predicted molar refractivity (Wildman–Crippen MR) is 52.2 cm³/mol. The van der Waals surface area contributed by atoms with Gasteiger partial charge in [0.15, 0.2) is 0 Å². The van der Waals surface area contributed by atoms with Gasteiger partial charge in [0.2, 0.25) is 5.91 Å². The minimum Gasteiger partial charge on any atom is -0.392 e. The fourth-order valence-electron chi connectivity index (χ4n) is 1.04. The highest BCUT2D eigenvalue weighted by molar-refractivity contribution is 5.76. The van der Waals surface area contributed by atoms with E-state index in [4.69, 9.17) is 10.8 Å². The smallest absolute Gasteiger partial charge is 0.221 e. The molecule has 0 heterocycles. The number of hydrogen-bond donors (Lipinski definition) is 3. The molecule has 4 heteroatoms. The zero-order chi connectivity index (χ0) is 10.3.